The summed E-state index contributed by atoms with van der Waals surface area (Å²) in [4.78, 5) is 23.7. The first-order chi connectivity index (χ1) is 13.2. The second kappa shape index (κ2) is 6.48. The molecule has 0 saturated heterocycles. The van der Waals surface area contributed by atoms with E-state index >= 15 is 0 Å². The average molecular weight is 377 g/mol. The number of rotatable bonds is 2. The molecule has 4 rings (SSSR count). The van der Waals surface area contributed by atoms with E-state index in [9.17, 15) is 14.9 Å². The maximum Gasteiger partial charge on any atom is 0.269 e. The molecular weight excluding hydrogens is 354 g/mol. The molecule has 0 saturated carbocycles. The molecule has 1 aliphatic carbocycles. The summed E-state index contributed by atoms with van der Waals surface area (Å²) in [6.45, 7) is 6.23. The van der Waals surface area contributed by atoms with E-state index in [0.29, 0.717) is 6.42 Å². The van der Waals surface area contributed by atoms with E-state index in [1.807, 2.05) is 19.1 Å². The number of non-ortho nitro benzene ring substituents is 1. The van der Waals surface area contributed by atoms with Crippen molar-refractivity contribution in [3.8, 4) is 0 Å². The molecule has 1 heterocycles. The molecule has 0 radical (unpaired) electrons. The highest BCUT2D eigenvalue weighted by Gasteiger charge is 2.38. The smallest absolute Gasteiger partial charge is 0.269 e. The Morgan fingerprint density at radius 3 is 2.46 bits per heavy atom. The van der Waals surface area contributed by atoms with Gasteiger partial charge in [0.1, 0.15) is 0 Å². The van der Waals surface area contributed by atoms with Gasteiger partial charge in [-0.15, -0.1) is 0 Å². The number of nitrogens with zero attached hydrogens (tertiary/aromatic N) is 1. The summed E-state index contributed by atoms with van der Waals surface area (Å²) in [5, 5.41) is 18.0. The number of Topliss-reactive ketones (excluding diaryl/α,β-unsaturated/α-hetero) is 1. The predicted molar refractivity (Wildman–Crippen MR) is 109 cm³/mol. The van der Waals surface area contributed by atoms with Crippen LogP contribution in [0.15, 0.2) is 53.7 Å². The van der Waals surface area contributed by atoms with Gasteiger partial charge in [-0.25, -0.2) is 0 Å². The van der Waals surface area contributed by atoms with Crippen LogP contribution in [0.3, 0.4) is 0 Å². The van der Waals surface area contributed by atoms with Crippen molar-refractivity contribution < 1.29 is 9.72 Å². The summed E-state index contributed by atoms with van der Waals surface area (Å²) in [7, 11) is 0. The van der Waals surface area contributed by atoms with E-state index < -0.39 is 4.92 Å². The first-order valence-electron chi connectivity index (χ1n) is 9.38. The van der Waals surface area contributed by atoms with Gasteiger partial charge in [-0.3, -0.25) is 14.9 Å². The van der Waals surface area contributed by atoms with Crippen LogP contribution < -0.4 is 10.6 Å². The van der Waals surface area contributed by atoms with Crippen LogP contribution in [-0.4, -0.2) is 10.7 Å². The van der Waals surface area contributed by atoms with Crippen molar-refractivity contribution >= 4 is 22.8 Å². The standard InChI is InChI=1S/C22H23N3O3/c1-13-4-9-16-17(10-13)24-21(14-5-7-15(8-6-14)25(27)28)20-18(23-16)11-22(2,3)12-19(20)26/h4-10,21,23-24H,11-12H2,1-3H3/t21-/m1/s1. The number of allylic oxidation sites excluding steroid dienone is 1. The van der Waals surface area contributed by atoms with Crippen LogP contribution in [0.4, 0.5) is 17.1 Å². The molecule has 0 fully saturated rings. The largest absolute Gasteiger partial charge is 0.372 e. The Hall–Kier alpha value is -3.15. The molecule has 2 aromatic carbocycles. The van der Waals surface area contributed by atoms with Gasteiger partial charge < -0.3 is 10.6 Å². The first kappa shape index (κ1) is 18.2. The number of carbonyl (C=O) groups is 1. The van der Waals surface area contributed by atoms with Crippen molar-refractivity contribution in [3.05, 3.63) is 75.0 Å². The third-order valence-corrected chi connectivity index (χ3v) is 5.41. The third kappa shape index (κ3) is 3.26. The minimum atomic E-state index is -0.413. The van der Waals surface area contributed by atoms with Crippen LogP contribution in [0.1, 0.15) is 43.9 Å². The first-order valence-corrected chi connectivity index (χ1v) is 9.38. The van der Waals surface area contributed by atoms with Crippen molar-refractivity contribution in [3.63, 3.8) is 0 Å². The minimum Gasteiger partial charge on any atom is -0.372 e. The van der Waals surface area contributed by atoms with Gasteiger partial charge in [0.2, 0.25) is 0 Å². The fourth-order valence-electron chi connectivity index (χ4n) is 4.10. The highest BCUT2D eigenvalue weighted by Crippen LogP contribution is 2.45. The fraction of sp³-hybridized carbons (Fsp3) is 0.318. The molecule has 144 valence electrons. The van der Waals surface area contributed by atoms with Gasteiger partial charge in [0.15, 0.2) is 5.78 Å². The van der Waals surface area contributed by atoms with E-state index in [2.05, 4.69) is 30.5 Å². The van der Waals surface area contributed by atoms with Gasteiger partial charge in [-0.1, -0.05) is 19.9 Å². The molecule has 6 heteroatoms. The highest BCUT2D eigenvalue weighted by molar-refractivity contribution is 6.01. The van der Waals surface area contributed by atoms with E-state index in [1.54, 1.807) is 12.1 Å². The number of carbonyl (C=O) groups excluding carboxylic acids is 1. The molecule has 6 nitrogen and oxygen atoms in total. The van der Waals surface area contributed by atoms with Crippen LogP contribution in [0, 0.1) is 22.5 Å². The van der Waals surface area contributed by atoms with Gasteiger partial charge in [-0.2, -0.15) is 0 Å². The lowest BCUT2D eigenvalue weighted by molar-refractivity contribution is -0.384. The number of hydrogen-bond acceptors (Lipinski definition) is 5. The fourth-order valence-corrected chi connectivity index (χ4v) is 4.10. The Kier molecular flexibility index (Phi) is 4.22. The lowest BCUT2D eigenvalue weighted by Crippen LogP contribution is -2.31. The van der Waals surface area contributed by atoms with Crippen molar-refractivity contribution in [2.45, 2.75) is 39.7 Å². The van der Waals surface area contributed by atoms with Crippen LogP contribution in [0.5, 0.6) is 0 Å². The third-order valence-electron chi connectivity index (χ3n) is 5.41. The maximum atomic E-state index is 13.1. The molecule has 2 aromatic rings. The lowest BCUT2D eigenvalue weighted by Gasteiger charge is -2.34. The van der Waals surface area contributed by atoms with E-state index in [4.69, 9.17) is 0 Å². The lowest BCUT2D eigenvalue weighted by atomic mass is 9.73. The van der Waals surface area contributed by atoms with Crippen molar-refractivity contribution in [1.29, 1.82) is 0 Å². The van der Waals surface area contributed by atoms with Crippen molar-refractivity contribution in [2.24, 2.45) is 5.41 Å². The molecule has 28 heavy (non-hydrogen) atoms. The van der Waals surface area contributed by atoms with Gasteiger partial charge in [-0.05, 0) is 54.2 Å². The maximum absolute atomic E-state index is 13.1. The van der Waals surface area contributed by atoms with E-state index in [0.717, 1.165) is 40.2 Å². The Morgan fingerprint density at radius 1 is 1.07 bits per heavy atom. The highest BCUT2D eigenvalue weighted by atomic mass is 16.6. The number of hydrogen-bond donors (Lipinski definition) is 2. The summed E-state index contributed by atoms with van der Waals surface area (Å²) in [6.07, 6.45) is 1.25. The number of aryl methyl sites for hydroxylation is 1. The number of nitro groups is 1. The Balaban J connectivity index is 1.86. The monoisotopic (exact) mass is 377 g/mol. The zero-order chi connectivity index (χ0) is 20.1. The molecule has 1 atom stereocenters. The number of anilines is 2. The second-order valence-electron chi connectivity index (χ2n) is 8.43. The van der Waals surface area contributed by atoms with E-state index in [1.165, 1.54) is 12.1 Å². The van der Waals surface area contributed by atoms with Crippen LogP contribution in [0.25, 0.3) is 0 Å². The number of benzene rings is 2. The molecule has 0 unspecified atom stereocenters. The summed E-state index contributed by atoms with van der Waals surface area (Å²) in [5.74, 6) is 0.110. The summed E-state index contributed by atoms with van der Waals surface area (Å²) in [5.41, 5.74) is 5.39. The second-order valence-corrected chi connectivity index (χ2v) is 8.43. The SMILES string of the molecule is Cc1ccc2c(c1)N[C@H](c1ccc([N+](=O)[O-])cc1)C1=C(CC(C)(C)CC1=O)N2. The molecule has 0 amide bonds. The van der Waals surface area contributed by atoms with E-state index in [-0.39, 0.29) is 22.9 Å². The average Bonchev–Trinajstić information content (AvgIpc) is 2.77. The van der Waals surface area contributed by atoms with Crippen molar-refractivity contribution in [1.82, 2.24) is 0 Å². The Bertz CT molecular complexity index is 1010. The van der Waals surface area contributed by atoms with Gasteiger partial charge in [0.05, 0.1) is 22.3 Å². The molecule has 1 aliphatic heterocycles. The van der Waals surface area contributed by atoms with Crippen LogP contribution >= 0.6 is 0 Å². The topological polar surface area (TPSA) is 84.3 Å². The van der Waals surface area contributed by atoms with Gasteiger partial charge in [0.25, 0.3) is 5.69 Å². The summed E-state index contributed by atoms with van der Waals surface area (Å²) < 4.78 is 0. The molecular formula is C22H23N3O3. The van der Waals surface area contributed by atoms with Crippen LogP contribution in [0.2, 0.25) is 0 Å². The molecule has 0 bridgehead atoms. The van der Waals surface area contributed by atoms with Crippen LogP contribution in [-0.2, 0) is 4.79 Å². The Morgan fingerprint density at radius 2 is 1.79 bits per heavy atom. The van der Waals surface area contributed by atoms with Gasteiger partial charge in [0, 0.05) is 29.8 Å². The summed E-state index contributed by atoms with van der Waals surface area (Å²) in [6, 6.07) is 12.2. The molecule has 0 spiro atoms. The molecule has 2 aliphatic rings. The molecule has 0 aromatic heterocycles. The Labute approximate surface area is 163 Å². The molecule has 2 N–H and O–H groups in total. The van der Waals surface area contributed by atoms with Crippen molar-refractivity contribution in [2.75, 3.05) is 10.6 Å². The van der Waals surface area contributed by atoms with Gasteiger partial charge >= 0.3 is 0 Å². The zero-order valence-electron chi connectivity index (χ0n) is 16.2. The normalized spacial score (nSPS) is 20.4. The number of ketones is 1. The quantitative estimate of drug-likeness (QED) is 0.560. The number of fused-ring (bicyclic) bond motifs is 1. The summed E-state index contributed by atoms with van der Waals surface area (Å²) >= 11 is 0. The predicted octanol–water partition coefficient (Wildman–Crippen LogP) is 5.13. The zero-order valence-corrected chi connectivity index (χ0v) is 16.2. The number of nitrogens with one attached hydrogen (secondary N) is 2. The number of nitro benzene ring substituents is 1. The minimum absolute atomic E-state index is 0.0389.